The van der Waals surface area contributed by atoms with Crippen molar-refractivity contribution in [3.05, 3.63) is 90.0 Å². The van der Waals surface area contributed by atoms with Crippen LogP contribution in [0.4, 0.5) is 11.4 Å². The van der Waals surface area contributed by atoms with Gasteiger partial charge in [0.05, 0.1) is 19.9 Å². The van der Waals surface area contributed by atoms with Gasteiger partial charge in [-0.2, -0.15) is 0 Å². The number of nitrogens with zero attached hydrogens (tertiary/aromatic N) is 1. The lowest BCUT2D eigenvalue weighted by molar-refractivity contribution is 0.266. The minimum absolute atomic E-state index is 0.418. The first-order valence-corrected chi connectivity index (χ1v) is 10.1. The van der Waals surface area contributed by atoms with E-state index in [1.54, 1.807) is 14.2 Å². The second kappa shape index (κ2) is 8.03. The molecule has 0 atom stereocenters. The first-order valence-electron chi connectivity index (χ1n) is 10.1. The average Bonchev–Trinajstić information content (AvgIpc) is 2.83. The van der Waals surface area contributed by atoms with E-state index in [-0.39, 0.29) is 0 Å². The fourth-order valence-electron chi connectivity index (χ4n) is 3.82. The topological polar surface area (TPSA) is 52.1 Å². The molecule has 0 unspecified atom stereocenters. The molecule has 0 aromatic heterocycles. The van der Waals surface area contributed by atoms with Gasteiger partial charge in [0.15, 0.2) is 11.5 Å². The van der Waals surface area contributed by atoms with Crippen molar-refractivity contribution < 1.29 is 14.2 Å². The van der Waals surface area contributed by atoms with Crippen LogP contribution in [-0.4, -0.2) is 20.1 Å². The zero-order valence-corrected chi connectivity index (χ0v) is 17.4. The van der Waals surface area contributed by atoms with Crippen molar-refractivity contribution in [3.63, 3.8) is 0 Å². The average molecular weight is 410 g/mol. The number of nitrogens with one attached hydrogen (secondary N) is 1. The van der Waals surface area contributed by atoms with Crippen LogP contribution in [0.5, 0.6) is 17.2 Å². The molecule has 0 spiro atoms. The molecule has 0 aliphatic carbocycles. The largest absolute Gasteiger partial charge is 0.493 e. The second-order valence-corrected chi connectivity index (χ2v) is 7.25. The number of amidine groups is 1. The standard InChI is InChI=1S/C26H22N2O3/c1-29-22-14-19(15-23(30-2)25(22)31-16-17-8-4-3-5-9-17)26-27-20-12-6-10-18-11-7-13-21(28-26)24(18)20/h3-15H,16H2,1-2H3,(H,27,28). The van der Waals surface area contributed by atoms with Gasteiger partial charge in [0.2, 0.25) is 5.75 Å². The highest BCUT2D eigenvalue weighted by molar-refractivity contribution is 6.19. The predicted molar refractivity (Wildman–Crippen MR) is 124 cm³/mol. The summed E-state index contributed by atoms with van der Waals surface area (Å²) in [6, 6.07) is 26.2. The van der Waals surface area contributed by atoms with Crippen LogP contribution < -0.4 is 19.5 Å². The third-order valence-electron chi connectivity index (χ3n) is 5.33. The molecule has 1 heterocycles. The van der Waals surface area contributed by atoms with Gasteiger partial charge in [-0.05, 0) is 35.2 Å². The van der Waals surface area contributed by atoms with E-state index in [1.165, 1.54) is 0 Å². The Kier molecular flexibility index (Phi) is 4.92. The quantitative estimate of drug-likeness (QED) is 0.427. The van der Waals surface area contributed by atoms with Crippen LogP contribution in [0.15, 0.2) is 83.9 Å². The lowest BCUT2D eigenvalue weighted by atomic mass is 10.0. The number of hydrogen-bond acceptors (Lipinski definition) is 5. The van der Waals surface area contributed by atoms with E-state index < -0.39 is 0 Å². The van der Waals surface area contributed by atoms with Crippen LogP contribution in [0, 0.1) is 0 Å². The monoisotopic (exact) mass is 410 g/mol. The molecule has 1 aliphatic heterocycles. The summed E-state index contributed by atoms with van der Waals surface area (Å²) in [6.07, 6.45) is 0. The molecule has 5 heteroatoms. The highest BCUT2D eigenvalue weighted by Gasteiger charge is 2.20. The van der Waals surface area contributed by atoms with E-state index in [1.807, 2.05) is 60.7 Å². The Morgan fingerprint density at radius 2 is 1.52 bits per heavy atom. The number of ether oxygens (including phenoxy) is 3. The van der Waals surface area contributed by atoms with E-state index in [0.717, 1.165) is 39.1 Å². The number of benzene rings is 4. The third kappa shape index (κ3) is 3.55. The molecular formula is C26H22N2O3. The maximum Gasteiger partial charge on any atom is 0.203 e. The van der Waals surface area contributed by atoms with Gasteiger partial charge in [-0.3, -0.25) is 0 Å². The van der Waals surface area contributed by atoms with E-state index in [9.17, 15) is 0 Å². The normalized spacial score (nSPS) is 12.1. The van der Waals surface area contributed by atoms with Crippen LogP contribution >= 0.6 is 0 Å². The second-order valence-electron chi connectivity index (χ2n) is 7.25. The van der Waals surface area contributed by atoms with Crippen LogP contribution in [-0.2, 0) is 6.61 Å². The van der Waals surface area contributed by atoms with E-state index in [0.29, 0.717) is 23.9 Å². The molecule has 5 rings (SSSR count). The summed E-state index contributed by atoms with van der Waals surface area (Å²) >= 11 is 0. The molecule has 0 radical (unpaired) electrons. The molecular weight excluding hydrogens is 388 g/mol. The van der Waals surface area contributed by atoms with Crippen LogP contribution in [0.1, 0.15) is 11.1 Å². The first kappa shape index (κ1) is 19.0. The van der Waals surface area contributed by atoms with Gasteiger partial charge in [-0.1, -0.05) is 54.6 Å². The zero-order valence-electron chi connectivity index (χ0n) is 17.4. The maximum absolute atomic E-state index is 6.07. The van der Waals surface area contributed by atoms with E-state index in [4.69, 9.17) is 19.2 Å². The minimum atomic E-state index is 0.418. The Morgan fingerprint density at radius 3 is 2.23 bits per heavy atom. The number of anilines is 1. The Morgan fingerprint density at radius 1 is 0.806 bits per heavy atom. The van der Waals surface area contributed by atoms with Gasteiger partial charge in [-0.25, -0.2) is 4.99 Å². The van der Waals surface area contributed by atoms with Crippen molar-refractivity contribution in [2.75, 3.05) is 19.5 Å². The number of hydrogen-bond donors (Lipinski definition) is 1. The fraction of sp³-hybridized carbons (Fsp3) is 0.115. The Bertz CT molecular complexity index is 1250. The SMILES string of the molecule is COc1cc(C2=Nc3cccc4cccc(c34)N2)cc(OC)c1OCc1ccccc1. The summed E-state index contributed by atoms with van der Waals surface area (Å²) in [5.41, 5.74) is 3.88. The minimum Gasteiger partial charge on any atom is -0.493 e. The highest BCUT2D eigenvalue weighted by atomic mass is 16.5. The molecule has 0 fully saturated rings. The smallest absolute Gasteiger partial charge is 0.203 e. The van der Waals surface area contributed by atoms with Crippen LogP contribution in [0.3, 0.4) is 0 Å². The molecule has 4 aromatic rings. The van der Waals surface area contributed by atoms with Crippen molar-refractivity contribution in [2.45, 2.75) is 6.61 Å². The van der Waals surface area contributed by atoms with E-state index >= 15 is 0 Å². The summed E-state index contributed by atoms with van der Waals surface area (Å²) in [5, 5.41) is 5.73. The molecule has 1 aliphatic rings. The molecule has 0 amide bonds. The van der Waals surface area contributed by atoms with E-state index in [2.05, 4.69) is 23.5 Å². The van der Waals surface area contributed by atoms with Crippen LogP contribution in [0.2, 0.25) is 0 Å². The van der Waals surface area contributed by atoms with Crippen molar-refractivity contribution in [3.8, 4) is 17.2 Å². The summed E-state index contributed by atoms with van der Waals surface area (Å²) in [7, 11) is 3.25. The Hall–Kier alpha value is -3.99. The lowest BCUT2D eigenvalue weighted by Crippen LogP contribution is -2.16. The number of methoxy groups -OCH3 is 2. The number of aliphatic imine (C=N–C) groups is 1. The molecule has 1 N–H and O–H groups in total. The summed E-state index contributed by atoms with van der Waals surface area (Å²) < 4.78 is 17.4. The van der Waals surface area contributed by atoms with Gasteiger partial charge >= 0.3 is 0 Å². The molecule has 154 valence electrons. The molecule has 0 bridgehead atoms. The van der Waals surface area contributed by atoms with Gasteiger partial charge in [-0.15, -0.1) is 0 Å². The summed E-state index contributed by atoms with van der Waals surface area (Å²) in [6.45, 7) is 0.418. The molecule has 5 nitrogen and oxygen atoms in total. The zero-order chi connectivity index (χ0) is 21.2. The predicted octanol–water partition coefficient (Wildman–Crippen LogP) is 5.94. The van der Waals surface area contributed by atoms with Crippen molar-refractivity contribution in [1.82, 2.24) is 0 Å². The summed E-state index contributed by atoms with van der Waals surface area (Å²) in [4.78, 5) is 4.86. The highest BCUT2D eigenvalue weighted by Crippen LogP contribution is 2.41. The first-order chi connectivity index (χ1) is 15.3. The van der Waals surface area contributed by atoms with Gasteiger partial charge < -0.3 is 19.5 Å². The maximum atomic E-state index is 6.07. The summed E-state index contributed by atoms with van der Waals surface area (Å²) in [5.74, 6) is 2.48. The third-order valence-corrected chi connectivity index (χ3v) is 5.33. The molecule has 4 aromatic carbocycles. The Labute approximate surface area is 180 Å². The fourth-order valence-corrected chi connectivity index (χ4v) is 3.82. The van der Waals surface area contributed by atoms with Crippen molar-refractivity contribution in [2.24, 2.45) is 4.99 Å². The molecule has 0 saturated carbocycles. The van der Waals surface area contributed by atoms with Crippen molar-refractivity contribution >= 4 is 28.0 Å². The van der Waals surface area contributed by atoms with Gasteiger partial charge in [0.25, 0.3) is 0 Å². The van der Waals surface area contributed by atoms with Crippen LogP contribution in [0.25, 0.3) is 10.8 Å². The molecule has 31 heavy (non-hydrogen) atoms. The van der Waals surface area contributed by atoms with Crippen molar-refractivity contribution in [1.29, 1.82) is 0 Å². The molecule has 0 saturated heterocycles. The number of rotatable bonds is 6. The van der Waals surface area contributed by atoms with Gasteiger partial charge in [0.1, 0.15) is 12.4 Å². The Balaban J connectivity index is 1.53. The van der Waals surface area contributed by atoms with Gasteiger partial charge in [0, 0.05) is 16.6 Å². The lowest BCUT2D eigenvalue weighted by Gasteiger charge is -2.21.